The Morgan fingerprint density at radius 2 is 1.15 bits per heavy atom. The number of nitrogens with zero attached hydrogens (tertiary/aromatic N) is 2. The van der Waals surface area contributed by atoms with Gasteiger partial charge in [-0.15, -0.1) is 0 Å². The Morgan fingerprint density at radius 3 is 1.60 bits per heavy atom. The molecule has 2 aromatic heterocycles. The fourth-order valence-corrected chi connectivity index (χ4v) is 5.67. The van der Waals surface area contributed by atoms with E-state index in [1.165, 1.54) is 39.5 Å². The second-order valence-corrected chi connectivity index (χ2v) is 11.9. The molecule has 1 saturated carbocycles. The monoisotopic (exact) mass is 643 g/mol. The molecule has 0 saturated heterocycles. The lowest BCUT2D eigenvalue weighted by molar-refractivity contribution is 0.0696. The van der Waals surface area contributed by atoms with E-state index < -0.39 is 5.97 Å². The third-order valence-electron chi connectivity index (χ3n) is 8.67. The summed E-state index contributed by atoms with van der Waals surface area (Å²) >= 11 is 0. The average molecular weight is 644 g/mol. The molecule has 0 bridgehead atoms. The van der Waals surface area contributed by atoms with Gasteiger partial charge in [0.05, 0.1) is 27.7 Å². The van der Waals surface area contributed by atoms with Crippen molar-refractivity contribution in [2.75, 3.05) is 0 Å². The van der Waals surface area contributed by atoms with E-state index in [4.69, 9.17) is 5.11 Å². The van der Waals surface area contributed by atoms with Crippen LogP contribution in [0.2, 0.25) is 0 Å². The highest BCUT2D eigenvalue weighted by Gasteiger charge is 2.21. The summed E-state index contributed by atoms with van der Waals surface area (Å²) in [5, 5.41) is 33.7. The molecular formula is C38H33N3O7. The summed E-state index contributed by atoms with van der Waals surface area (Å²) in [5.41, 5.74) is 2.98. The fourth-order valence-electron chi connectivity index (χ4n) is 5.67. The molecule has 1 fully saturated rings. The maximum Gasteiger partial charge on any atom is 0.335 e. The Kier molecular flexibility index (Phi) is 8.56. The van der Waals surface area contributed by atoms with E-state index in [9.17, 15) is 29.4 Å². The topological polar surface area (TPSA) is 151 Å². The van der Waals surface area contributed by atoms with Gasteiger partial charge in [-0.2, -0.15) is 0 Å². The minimum absolute atomic E-state index is 0.0124. The van der Waals surface area contributed by atoms with E-state index in [1.54, 1.807) is 61.8 Å². The van der Waals surface area contributed by atoms with Gasteiger partial charge in [0.15, 0.2) is 0 Å². The zero-order valence-corrected chi connectivity index (χ0v) is 26.3. The maximum absolute atomic E-state index is 12.9. The first-order chi connectivity index (χ1) is 23.0. The number of carbonyl (C=O) groups is 2. The standard InChI is InChI=1S/C21H20N2O3.C17H13NO4/c1-13-5-6-15(20(25)22-16-3-2-4-16)11-19(13)23-10-9-14-7-8-17(24)12-18(14)21(23)26;1-10-2-3-12(17(21)22)8-15(10)18-7-6-11-4-5-13(19)9-14(11)16(18)20/h5-12,16,24H,2-4H2,1H3,(H,22,25);2-9,19H,1H3,(H,21,22). The van der Waals surface area contributed by atoms with E-state index in [0.29, 0.717) is 33.1 Å². The van der Waals surface area contributed by atoms with E-state index >= 15 is 0 Å². The molecular weight excluding hydrogens is 610 g/mol. The number of aromatic hydroxyl groups is 2. The third kappa shape index (κ3) is 6.28. The summed E-state index contributed by atoms with van der Waals surface area (Å²) in [6, 6.07) is 23.2. The van der Waals surface area contributed by atoms with Gasteiger partial charge in [0, 0.05) is 24.0 Å². The molecule has 6 aromatic rings. The van der Waals surface area contributed by atoms with E-state index in [-0.39, 0.29) is 40.1 Å². The first-order valence-corrected chi connectivity index (χ1v) is 15.4. The van der Waals surface area contributed by atoms with Gasteiger partial charge in [-0.25, -0.2) is 4.79 Å². The van der Waals surface area contributed by atoms with Crippen LogP contribution in [0.15, 0.2) is 107 Å². The maximum atomic E-state index is 12.9. The molecule has 0 radical (unpaired) electrons. The molecule has 10 nitrogen and oxygen atoms in total. The number of amides is 1. The molecule has 2 heterocycles. The van der Waals surface area contributed by atoms with Crippen molar-refractivity contribution in [3.63, 3.8) is 0 Å². The Labute approximate surface area is 274 Å². The number of rotatable bonds is 5. The smallest absolute Gasteiger partial charge is 0.335 e. The Bertz CT molecular complexity index is 2350. The number of aryl methyl sites for hydroxylation is 2. The molecule has 4 N–H and O–H groups in total. The third-order valence-corrected chi connectivity index (χ3v) is 8.67. The summed E-state index contributed by atoms with van der Waals surface area (Å²) < 4.78 is 2.92. The minimum atomic E-state index is -1.05. The predicted molar refractivity (Wildman–Crippen MR) is 184 cm³/mol. The zero-order valence-electron chi connectivity index (χ0n) is 26.3. The summed E-state index contributed by atoms with van der Waals surface area (Å²) in [5.74, 6) is -1.09. The number of phenols is 2. The molecule has 1 aliphatic carbocycles. The van der Waals surface area contributed by atoms with Gasteiger partial charge in [-0.3, -0.25) is 23.5 Å². The number of aromatic nitrogens is 2. The van der Waals surface area contributed by atoms with Crippen LogP contribution in [0.1, 0.15) is 51.1 Å². The lowest BCUT2D eigenvalue weighted by atomic mass is 9.93. The van der Waals surface area contributed by atoms with E-state index in [1.807, 2.05) is 19.1 Å². The predicted octanol–water partition coefficient (Wildman–Crippen LogP) is 5.99. The highest BCUT2D eigenvalue weighted by molar-refractivity contribution is 5.95. The van der Waals surface area contributed by atoms with Crippen molar-refractivity contribution >= 4 is 33.4 Å². The number of aromatic carboxylic acids is 1. The molecule has 0 atom stereocenters. The van der Waals surface area contributed by atoms with Gasteiger partial charge in [0.2, 0.25) is 0 Å². The quantitative estimate of drug-likeness (QED) is 0.180. The second kappa shape index (κ2) is 12.9. The number of carbonyl (C=O) groups excluding carboxylic acids is 1. The fraction of sp³-hybridized carbons (Fsp3) is 0.158. The lowest BCUT2D eigenvalue weighted by Crippen LogP contribution is -2.39. The summed E-state index contributed by atoms with van der Waals surface area (Å²) in [6.45, 7) is 3.71. The summed E-state index contributed by atoms with van der Waals surface area (Å²) in [7, 11) is 0. The highest BCUT2D eigenvalue weighted by atomic mass is 16.4. The number of fused-ring (bicyclic) bond motifs is 2. The van der Waals surface area contributed by atoms with Gasteiger partial charge in [0.25, 0.3) is 17.0 Å². The SMILES string of the molecule is Cc1ccc(C(=O)NC2CCC2)cc1-n1ccc2ccc(O)cc2c1=O.Cc1ccc(C(=O)O)cc1-n1ccc2ccc(O)cc2c1=O. The van der Waals surface area contributed by atoms with E-state index in [0.717, 1.165) is 35.8 Å². The number of benzene rings is 4. The first kappa shape index (κ1) is 31.8. The van der Waals surface area contributed by atoms with Crippen LogP contribution in [-0.2, 0) is 0 Å². The number of hydrogen-bond acceptors (Lipinski definition) is 6. The molecule has 0 aliphatic heterocycles. The van der Waals surface area contributed by atoms with Crippen molar-refractivity contribution in [2.45, 2.75) is 39.2 Å². The minimum Gasteiger partial charge on any atom is -0.508 e. The normalized spacial score (nSPS) is 12.6. The van der Waals surface area contributed by atoms with Crippen LogP contribution in [-0.4, -0.2) is 42.4 Å². The molecule has 1 amide bonds. The molecule has 0 spiro atoms. The van der Waals surface area contributed by atoms with Crippen molar-refractivity contribution in [1.82, 2.24) is 14.5 Å². The van der Waals surface area contributed by atoms with Crippen LogP contribution in [0, 0.1) is 13.8 Å². The zero-order chi connectivity index (χ0) is 34.1. The number of nitrogens with one attached hydrogen (secondary N) is 1. The van der Waals surface area contributed by atoms with E-state index in [2.05, 4.69) is 5.32 Å². The summed E-state index contributed by atoms with van der Waals surface area (Å²) in [6.07, 6.45) is 6.52. The van der Waals surface area contributed by atoms with Crippen LogP contribution >= 0.6 is 0 Å². The highest BCUT2D eigenvalue weighted by Crippen LogP contribution is 2.23. The molecule has 4 aromatic carbocycles. The van der Waals surface area contributed by atoms with Gasteiger partial charge in [0.1, 0.15) is 11.5 Å². The van der Waals surface area contributed by atoms with Crippen LogP contribution < -0.4 is 16.4 Å². The largest absolute Gasteiger partial charge is 0.508 e. The Hall–Kier alpha value is -6.16. The van der Waals surface area contributed by atoms with Crippen LogP contribution in [0.3, 0.4) is 0 Å². The van der Waals surface area contributed by atoms with Crippen LogP contribution in [0.5, 0.6) is 11.5 Å². The van der Waals surface area contributed by atoms with Gasteiger partial charge in [-0.05, 0) is 116 Å². The van der Waals surface area contributed by atoms with Gasteiger partial charge >= 0.3 is 5.97 Å². The molecule has 242 valence electrons. The average Bonchev–Trinajstić information content (AvgIpc) is 3.05. The molecule has 48 heavy (non-hydrogen) atoms. The van der Waals surface area contributed by atoms with Gasteiger partial charge in [-0.1, -0.05) is 24.3 Å². The van der Waals surface area contributed by atoms with Crippen molar-refractivity contribution in [3.8, 4) is 22.9 Å². The molecule has 1 aliphatic rings. The second-order valence-electron chi connectivity index (χ2n) is 11.9. The van der Waals surface area contributed by atoms with Crippen LogP contribution in [0.25, 0.3) is 32.9 Å². The number of carboxylic acid groups (broad SMARTS) is 1. The van der Waals surface area contributed by atoms with Crippen molar-refractivity contribution in [2.24, 2.45) is 0 Å². The van der Waals surface area contributed by atoms with Crippen molar-refractivity contribution < 1.29 is 24.9 Å². The number of hydrogen-bond donors (Lipinski definition) is 4. The van der Waals surface area contributed by atoms with Crippen molar-refractivity contribution in [3.05, 3.63) is 140 Å². The number of pyridine rings is 2. The lowest BCUT2D eigenvalue weighted by Gasteiger charge is -2.26. The number of carboxylic acids is 1. The Balaban J connectivity index is 0.000000170. The summed E-state index contributed by atoms with van der Waals surface area (Å²) in [4.78, 5) is 49.1. The first-order valence-electron chi connectivity index (χ1n) is 15.4. The Morgan fingerprint density at radius 1 is 0.667 bits per heavy atom. The molecule has 10 heteroatoms. The van der Waals surface area contributed by atoms with Crippen molar-refractivity contribution in [1.29, 1.82) is 0 Å². The molecule has 0 unspecified atom stereocenters. The number of phenolic OH excluding ortho intramolecular Hbond substituents is 2. The molecule has 7 rings (SSSR count). The van der Waals surface area contributed by atoms with Crippen LogP contribution in [0.4, 0.5) is 0 Å². The van der Waals surface area contributed by atoms with Gasteiger partial charge < -0.3 is 20.6 Å².